The Morgan fingerprint density at radius 3 is 3.00 bits per heavy atom. The maximum absolute atomic E-state index is 13.0. The van der Waals surface area contributed by atoms with E-state index in [4.69, 9.17) is 17.3 Å². The van der Waals surface area contributed by atoms with E-state index in [9.17, 15) is 4.39 Å². The zero-order chi connectivity index (χ0) is 10.8. The zero-order valence-corrected chi connectivity index (χ0v) is 8.61. The van der Waals surface area contributed by atoms with Crippen LogP contribution in [0.3, 0.4) is 0 Å². The van der Waals surface area contributed by atoms with E-state index in [2.05, 4.69) is 15.6 Å². The largest absolute Gasteiger partial charge is 0.397 e. The average Bonchev–Trinajstić information content (AvgIpc) is 2.67. The summed E-state index contributed by atoms with van der Waals surface area (Å²) in [5.41, 5.74) is 6.47. The van der Waals surface area contributed by atoms with Crippen molar-refractivity contribution in [3.05, 3.63) is 23.0 Å². The van der Waals surface area contributed by atoms with Crippen LogP contribution in [0, 0.1) is 5.82 Å². The van der Waals surface area contributed by atoms with Crippen LogP contribution in [-0.2, 0) is 0 Å². The molecule has 2 rings (SSSR count). The van der Waals surface area contributed by atoms with Gasteiger partial charge < -0.3 is 16.4 Å². The van der Waals surface area contributed by atoms with E-state index in [1.807, 2.05) is 0 Å². The number of benzene rings is 1. The van der Waals surface area contributed by atoms with Gasteiger partial charge in [-0.3, -0.25) is 4.99 Å². The first-order chi connectivity index (χ1) is 7.16. The van der Waals surface area contributed by atoms with Gasteiger partial charge in [0.1, 0.15) is 5.82 Å². The highest BCUT2D eigenvalue weighted by Crippen LogP contribution is 2.26. The topological polar surface area (TPSA) is 62.4 Å². The molecule has 0 aliphatic carbocycles. The number of aliphatic imine (C=N–C) groups is 1. The maximum Gasteiger partial charge on any atom is 0.195 e. The third-order valence-electron chi connectivity index (χ3n) is 2.02. The molecule has 0 aromatic heterocycles. The quantitative estimate of drug-likeness (QED) is 0.638. The van der Waals surface area contributed by atoms with Crippen molar-refractivity contribution in [1.29, 1.82) is 0 Å². The Morgan fingerprint density at radius 1 is 1.53 bits per heavy atom. The smallest absolute Gasteiger partial charge is 0.195 e. The molecule has 1 aliphatic rings. The van der Waals surface area contributed by atoms with Crippen molar-refractivity contribution in [2.45, 2.75) is 0 Å². The number of anilines is 2. The van der Waals surface area contributed by atoms with E-state index in [-0.39, 0.29) is 5.02 Å². The van der Waals surface area contributed by atoms with Crippen molar-refractivity contribution in [1.82, 2.24) is 5.32 Å². The fraction of sp³-hybridized carbons (Fsp3) is 0.222. The predicted octanol–water partition coefficient (Wildman–Crippen LogP) is 1.43. The molecule has 4 nitrogen and oxygen atoms in total. The van der Waals surface area contributed by atoms with E-state index in [1.165, 1.54) is 12.1 Å². The predicted molar refractivity (Wildman–Crippen MR) is 59.7 cm³/mol. The summed E-state index contributed by atoms with van der Waals surface area (Å²) in [6.07, 6.45) is 0. The molecule has 80 valence electrons. The Bertz CT molecular complexity index is 419. The number of hydrogen-bond acceptors (Lipinski definition) is 4. The molecule has 0 unspecified atom stereocenters. The van der Waals surface area contributed by atoms with Gasteiger partial charge in [0.25, 0.3) is 0 Å². The number of halogens is 2. The second-order valence-electron chi connectivity index (χ2n) is 3.14. The number of nitrogens with two attached hydrogens (primary N) is 1. The molecule has 6 heteroatoms. The average molecular weight is 229 g/mol. The maximum atomic E-state index is 13.0. The lowest BCUT2D eigenvalue weighted by Crippen LogP contribution is -2.26. The van der Waals surface area contributed by atoms with Gasteiger partial charge in [-0.25, -0.2) is 4.39 Å². The number of nitrogen functional groups attached to an aromatic ring is 1. The summed E-state index contributed by atoms with van der Waals surface area (Å²) in [4.78, 5) is 4.13. The van der Waals surface area contributed by atoms with Crippen LogP contribution in [0.5, 0.6) is 0 Å². The number of nitrogens with zero attached hydrogens (tertiary/aromatic N) is 1. The summed E-state index contributed by atoms with van der Waals surface area (Å²) in [7, 11) is 0. The highest BCUT2D eigenvalue weighted by Gasteiger charge is 2.10. The molecule has 1 aromatic rings. The fourth-order valence-electron chi connectivity index (χ4n) is 1.28. The lowest BCUT2D eigenvalue weighted by Gasteiger charge is -2.10. The summed E-state index contributed by atoms with van der Waals surface area (Å²) in [6.45, 7) is 1.51. The Labute approximate surface area is 91.3 Å². The van der Waals surface area contributed by atoms with Crippen LogP contribution in [0.15, 0.2) is 17.1 Å². The molecule has 0 saturated carbocycles. The summed E-state index contributed by atoms with van der Waals surface area (Å²) < 4.78 is 13.0. The highest BCUT2D eigenvalue weighted by molar-refractivity contribution is 6.31. The molecule has 0 fully saturated rings. The van der Waals surface area contributed by atoms with Gasteiger partial charge >= 0.3 is 0 Å². The van der Waals surface area contributed by atoms with E-state index in [0.717, 1.165) is 13.1 Å². The number of nitrogens with one attached hydrogen (secondary N) is 2. The second kappa shape index (κ2) is 3.94. The molecule has 15 heavy (non-hydrogen) atoms. The Kier molecular flexibility index (Phi) is 2.64. The molecule has 0 amide bonds. The first-order valence-corrected chi connectivity index (χ1v) is 4.84. The molecule has 0 radical (unpaired) electrons. The van der Waals surface area contributed by atoms with E-state index in [0.29, 0.717) is 17.3 Å². The molecule has 0 bridgehead atoms. The summed E-state index contributed by atoms with van der Waals surface area (Å²) in [6, 6.07) is 2.62. The summed E-state index contributed by atoms with van der Waals surface area (Å²) >= 11 is 5.64. The molecular weight excluding hydrogens is 219 g/mol. The van der Waals surface area contributed by atoms with Gasteiger partial charge in [0.05, 0.1) is 22.9 Å². The number of hydrogen-bond donors (Lipinski definition) is 3. The van der Waals surface area contributed by atoms with Crippen LogP contribution < -0.4 is 16.4 Å². The van der Waals surface area contributed by atoms with Crippen LogP contribution in [0.25, 0.3) is 0 Å². The van der Waals surface area contributed by atoms with Gasteiger partial charge in [-0.1, -0.05) is 11.6 Å². The van der Waals surface area contributed by atoms with Gasteiger partial charge in [-0.2, -0.15) is 0 Å². The fourth-order valence-corrected chi connectivity index (χ4v) is 1.44. The van der Waals surface area contributed by atoms with Crippen molar-refractivity contribution >= 4 is 28.9 Å². The molecule has 0 spiro atoms. The molecule has 0 saturated heterocycles. The van der Waals surface area contributed by atoms with Crippen molar-refractivity contribution in [2.75, 3.05) is 24.1 Å². The van der Waals surface area contributed by atoms with Gasteiger partial charge in [-0.15, -0.1) is 0 Å². The van der Waals surface area contributed by atoms with Crippen molar-refractivity contribution < 1.29 is 4.39 Å². The van der Waals surface area contributed by atoms with Crippen molar-refractivity contribution in [3.63, 3.8) is 0 Å². The molecule has 1 heterocycles. The van der Waals surface area contributed by atoms with Gasteiger partial charge in [-0.05, 0) is 6.07 Å². The third kappa shape index (κ3) is 2.12. The lowest BCUT2D eigenvalue weighted by molar-refractivity contribution is 0.629. The van der Waals surface area contributed by atoms with Crippen LogP contribution in [-0.4, -0.2) is 19.0 Å². The van der Waals surface area contributed by atoms with Gasteiger partial charge in [0.15, 0.2) is 5.96 Å². The lowest BCUT2D eigenvalue weighted by atomic mass is 10.2. The summed E-state index contributed by atoms with van der Waals surface area (Å²) in [5.74, 6) is 0.102. The Morgan fingerprint density at radius 2 is 2.33 bits per heavy atom. The number of guanidine groups is 1. The van der Waals surface area contributed by atoms with Crippen LogP contribution >= 0.6 is 11.6 Å². The molecule has 4 N–H and O–H groups in total. The van der Waals surface area contributed by atoms with Crippen molar-refractivity contribution in [3.8, 4) is 0 Å². The van der Waals surface area contributed by atoms with Gasteiger partial charge in [0.2, 0.25) is 0 Å². The first kappa shape index (κ1) is 10.0. The van der Waals surface area contributed by atoms with Gasteiger partial charge in [0, 0.05) is 12.6 Å². The highest BCUT2D eigenvalue weighted by atomic mass is 35.5. The minimum Gasteiger partial charge on any atom is -0.397 e. The first-order valence-electron chi connectivity index (χ1n) is 4.46. The second-order valence-corrected chi connectivity index (χ2v) is 3.54. The Hall–Kier alpha value is -1.49. The SMILES string of the molecule is Nc1cc(F)c(Cl)cc1NC1=NCCN1. The summed E-state index contributed by atoms with van der Waals surface area (Å²) in [5, 5.41) is 5.99. The third-order valence-corrected chi connectivity index (χ3v) is 2.31. The minimum absolute atomic E-state index is 0.0327. The minimum atomic E-state index is -0.527. The molecule has 0 atom stereocenters. The number of rotatable bonds is 1. The Balaban J connectivity index is 2.24. The normalized spacial score (nSPS) is 14.7. The van der Waals surface area contributed by atoms with Crippen molar-refractivity contribution in [2.24, 2.45) is 4.99 Å². The van der Waals surface area contributed by atoms with Crippen LogP contribution in [0.2, 0.25) is 5.02 Å². The molecule has 1 aliphatic heterocycles. The molecule has 1 aromatic carbocycles. The van der Waals surface area contributed by atoms with E-state index >= 15 is 0 Å². The molecular formula is C9H10ClFN4. The van der Waals surface area contributed by atoms with Crippen LogP contribution in [0.1, 0.15) is 0 Å². The standard InChI is InChI=1S/C9H10ClFN4/c10-5-3-8(7(12)4-6(5)11)15-9-13-1-2-14-9/h3-4H,1-2,12H2,(H2,13,14,15). The van der Waals surface area contributed by atoms with Crippen LogP contribution in [0.4, 0.5) is 15.8 Å². The zero-order valence-electron chi connectivity index (χ0n) is 7.85. The van der Waals surface area contributed by atoms with E-state index < -0.39 is 5.82 Å². The van der Waals surface area contributed by atoms with E-state index in [1.54, 1.807) is 0 Å². The monoisotopic (exact) mass is 228 g/mol.